The van der Waals surface area contributed by atoms with Gasteiger partial charge in [0.2, 0.25) is 0 Å². The number of hydrogen-bond donors (Lipinski definition) is 2. The number of hydrogen-bond acceptors (Lipinski definition) is 4. The molecule has 1 heterocycles. The van der Waals surface area contributed by atoms with Crippen LogP contribution in [0.2, 0.25) is 0 Å². The van der Waals surface area contributed by atoms with Gasteiger partial charge in [-0.15, -0.1) is 0 Å². The van der Waals surface area contributed by atoms with Gasteiger partial charge in [0.25, 0.3) is 0 Å². The Morgan fingerprint density at radius 3 is 2.32 bits per heavy atom. The first-order chi connectivity index (χ1) is 9.11. The predicted molar refractivity (Wildman–Crippen MR) is 81.9 cm³/mol. The second-order valence-electron chi connectivity index (χ2n) is 6.13. The summed E-state index contributed by atoms with van der Waals surface area (Å²) < 4.78 is -0.146. The molecule has 2 fully saturated rings. The lowest BCUT2D eigenvalue weighted by Gasteiger charge is -2.44. The molecule has 0 atom stereocenters. The third-order valence-corrected chi connectivity index (χ3v) is 6.47. The van der Waals surface area contributed by atoms with Gasteiger partial charge in [-0.1, -0.05) is 12.1 Å². The third kappa shape index (κ3) is 3.19. The predicted octanol–water partition coefficient (Wildman–Crippen LogP) is 2.51. The Morgan fingerprint density at radius 2 is 1.84 bits per heavy atom. The van der Waals surface area contributed by atoms with Crippen molar-refractivity contribution in [1.82, 2.24) is 4.90 Å². The van der Waals surface area contributed by atoms with Crippen LogP contribution in [-0.4, -0.2) is 46.1 Å². The number of thioether (sulfide) groups is 1. The minimum absolute atomic E-state index is 0.146. The zero-order valence-electron chi connectivity index (χ0n) is 12.1. The Bertz CT molecular complexity index is 319. The van der Waals surface area contributed by atoms with Gasteiger partial charge >= 0.3 is 0 Å². The molecule has 2 aliphatic rings. The van der Waals surface area contributed by atoms with Gasteiger partial charge in [-0.3, -0.25) is 0 Å². The third-order valence-electron chi connectivity index (χ3n) is 5.07. The van der Waals surface area contributed by atoms with Gasteiger partial charge in [0.15, 0.2) is 5.84 Å². The van der Waals surface area contributed by atoms with Crippen LogP contribution in [0, 0.1) is 5.92 Å². The topological polar surface area (TPSA) is 61.9 Å². The van der Waals surface area contributed by atoms with Gasteiger partial charge < -0.3 is 15.8 Å². The Balaban J connectivity index is 1.91. The molecule has 0 amide bonds. The van der Waals surface area contributed by atoms with Crippen LogP contribution >= 0.6 is 11.8 Å². The van der Waals surface area contributed by atoms with Crippen LogP contribution < -0.4 is 5.73 Å². The summed E-state index contributed by atoms with van der Waals surface area (Å²) in [5.74, 6) is 1.31. The summed E-state index contributed by atoms with van der Waals surface area (Å²) >= 11 is 1.73. The molecule has 1 saturated heterocycles. The molecule has 19 heavy (non-hydrogen) atoms. The van der Waals surface area contributed by atoms with Crippen molar-refractivity contribution in [3.05, 3.63) is 0 Å². The van der Waals surface area contributed by atoms with E-state index in [0.717, 1.165) is 37.9 Å². The van der Waals surface area contributed by atoms with E-state index in [4.69, 9.17) is 10.9 Å². The first-order valence-corrected chi connectivity index (χ1v) is 8.61. The molecule has 0 aromatic carbocycles. The molecule has 110 valence electrons. The van der Waals surface area contributed by atoms with Crippen molar-refractivity contribution in [3.63, 3.8) is 0 Å². The Labute approximate surface area is 120 Å². The molecule has 1 aliphatic carbocycles. The van der Waals surface area contributed by atoms with Crippen LogP contribution in [0.15, 0.2) is 5.16 Å². The summed E-state index contributed by atoms with van der Waals surface area (Å²) in [6.07, 6.45) is 9.49. The molecular formula is C14H27N3OS. The molecule has 5 heteroatoms. The molecule has 1 saturated carbocycles. The van der Waals surface area contributed by atoms with Crippen molar-refractivity contribution in [2.45, 2.75) is 56.2 Å². The summed E-state index contributed by atoms with van der Waals surface area (Å²) in [5.41, 5.74) is 5.90. The Hall–Kier alpha value is -0.420. The van der Waals surface area contributed by atoms with Crippen LogP contribution in [0.3, 0.4) is 0 Å². The number of oxime groups is 1. The van der Waals surface area contributed by atoms with Crippen molar-refractivity contribution < 1.29 is 5.21 Å². The standard InChI is InChI=1S/C14H27N3OS/c1-11-3-5-12(6-4-11)17-9-7-14(19-2,8-10-17)13(15)16-18/h11-12,18H,3-10H2,1-2H3,(H2,15,16). The van der Waals surface area contributed by atoms with E-state index in [-0.39, 0.29) is 4.75 Å². The average molecular weight is 285 g/mol. The number of nitrogens with two attached hydrogens (primary N) is 1. The summed E-state index contributed by atoms with van der Waals surface area (Å²) in [6, 6.07) is 0.767. The van der Waals surface area contributed by atoms with Crippen molar-refractivity contribution >= 4 is 17.6 Å². The summed E-state index contributed by atoms with van der Waals surface area (Å²) in [7, 11) is 0. The second-order valence-corrected chi connectivity index (χ2v) is 7.32. The Morgan fingerprint density at radius 1 is 1.26 bits per heavy atom. The van der Waals surface area contributed by atoms with Crippen molar-refractivity contribution in [2.24, 2.45) is 16.8 Å². The van der Waals surface area contributed by atoms with E-state index in [0.29, 0.717) is 5.84 Å². The number of piperidine rings is 1. The first kappa shape index (κ1) is 15.0. The largest absolute Gasteiger partial charge is 0.409 e. The van der Waals surface area contributed by atoms with Crippen molar-refractivity contribution in [3.8, 4) is 0 Å². The fourth-order valence-electron chi connectivity index (χ4n) is 3.51. The maximum absolute atomic E-state index is 8.96. The quantitative estimate of drug-likeness (QED) is 0.362. The fraction of sp³-hybridized carbons (Fsp3) is 0.929. The fourth-order valence-corrected chi connectivity index (χ4v) is 4.35. The molecule has 0 aromatic rings. The lowest BCUT2D eigenvalue weighted by Crippen LogP contribution is -2.52. The van der Waals surface area contributed by atoms with Gasteiger partial charge in [0, 0.05) is 19.1 Å². The van der Waals surface area contributed by atoms with E-state index in [1.54, 1.807) is 11.8 Å². The first-order valence-electron chi connectivity index (χ1n) is 7.38. The molecule has 2 rings (SSSR count). The number of rotatable bonds is 3. The molecule has 0 radical (unpaired) electrons. The lowest BCUT2D eigenvalue weighted by atomic mass is 9.85. The summed E-state index contributed by atoms with van der Waals surface area (Å²) in [4.78, 5) is 2.63. The van der Waals surface area contributed by atoms with Crippen LogP contribution in [-0.2, 0) is 0 Å². The molecular weight excluding hydrogens is 258 g/mol. The van der Waals surface area contributed by atoms with Crippen LogP contribution in [0.1, 0.15) is 45.4 Å². The van der Waals surface area contributed by atoms with E-state index < -0.39 is 0 Å². The van der Waals surface area contributed by atoms with Gasteiger partial charge in [-0.25, -0.2) is 0 Å². The number of nitrogens with zero attached hydrogens (tertiary/aromatic N) is 2. The highest BCUT2D eigenvalue weighted by molar-refractivity contribution is 8.00. The summed E-state index contributed by atoms with van der Waals surface area (Å²) in [6.45, 7) is 4.52. The average Bonchev–Trinajstić information content (AvgIpc) is 2.47. The molecule has 0 spiro atoms. The molecule has 4 nitrogen and oxygen atoms in total. The highest BCUT2D eigenvalue weighted by Gasteiger charge is 2.39. The van der Waals surface area contributed by atoms with E-state index >= 15 is 0 Å². The van der Waals surface area contributed by atoms with Gasteiger partial charge in [-0.2, -0.15) is 11.8 Å². The molecule has 0 bridgehead atoms. The highest BCUT2D eigenvalue weighted by atomic mass is 32.2. The molecule has 3 N–H and O–H groups in total. The van der Waals surface area contributed by atoms with E-state index in [1.807, 2.05) is 0 Å². The zero-order chi connectivity index (χ0) is 13.9. The molecule has 0 unspecified atom stereocenters. The summed E-state index contributed by atoms with van der Waals surface area (Å²) in [5, 5.41) is 12.2. The maximum atomic E-state index is 8.96. The van der Waals surface area contributed by atoms with Gasteiger partial charge in [-0.05, 0) is 50.7 Å². The Kier molecular flexibility index (Phi) is 5.01. The molecule has 0 aromatic heterocycles. The molecule has 1 aliphatic heterocycles. The number of amidine groups is 1. The smallest absolute Gasteiger partial charge is 0.155 e. The van der Waals surface area contributed by atoms with Crippen LogP contribution in [0.5, 0.6) is 0 Å². The van der Waals surface area contributed by atoms with Gasteiger partial charge in [0.05, 0.1) is 4.75 Å². The maximum Gasteiger partial charge on any atom is 0.155 e. The van der Waals surface area contributed by atoms with E-state index in [2.05, 4.69) is 23.2 Å². The van der Waals surface area contributed by atoms with Crippen molar-refractivity contribution in [1.29, 1.82) is 0 Å². The SMILES string of the molecule is CSC1(C(N)=NO)CCN(C2CCC(C)CC2)CC1. The minimum Gasteiger partial charge on any atom is -0.409 e. The number of likely N-dealkylation sites (tertiary alicyclic amines) is 1. The lowest BCUT2D eigenvalue weighted by molar-refractivity contribution is 0.113. The van der Waals surface area contributed by atoms with Crippen LogP contribution in [0.25, 0.3) is 0 Å². The van der Waals surface area contributed by atoms with E-state index in [1.165, 1.54) is 25.7 Å². The van der Waals surface area contributed by atoms with Gasteiger partial charge in [0.1, 0.15) is 0 Å². The second kappa shape index (κ2) is 6.35. The highest BCUT2D eigenvalue weighted by Crippen LogP contribution is 2.37. The van der Waals surface area contributed by atoms with Crippen LogP contribution in [0.4, 0.5) is 0 Å². The minimum atomic E-state index is -0.146. The zero-order valence-corrected chi connectivity index (χ0v) is 13.0. The van der Waals surface area contributed by atoms with Crippen molar-refractivity contribution in [2.75, 3.05) is 19.3 Å². The monoisotopic (exact) mass is 285 g/mol. The normalized spacial score (nSPS) is 33.3. The van der Waals surface area contributed by atoms with E-state index in [9.17, 15) is 0 Å².